The first kappa shape index (κ1) is 21.0. The SMILES string of the molecule is Cn1c(C(=O)NCC(=O)NCc2nc3ccccc3n2Cc2ccccc2)cc2sccc21. The zero-order valence-corrected chi connectivity index (χ0v) is 18.9. The minimum Gasteiger partial charge on any atom is -0.347 e. The summed E-state index contributed by atoms with van der Waals surface area (Å²) in [6.45, 7) is 0.834. The number of hydrogen-bond acceptors (Lipinski definition) is 4. The van der Waals surface area contributed by atoms with Gasteiger partial charge >= 0.3 is 0 Å². The molecule has 0 unspecified atom stereocenters. The van der Waals surface area contributed by atoms with Gasteiger partial charge in [0.25, 0.3) is 5.91 Å². The molecule has 0 saturated carbocycles. The number of rotatable bonds is 7. The van der Waals surface area contributed by atoms with E-state index in [1.54, 1.807) is 11.3 Å². The molecule has 0 spiro atoms. The maximum atomic E-state index is 12.6. The van der Waals surface area contributed by atoms with Gasteiger partial charge in [-0.25, -0.2) is 4.98 Å². The third kappa shape index (κ3) is 4.25. The molecule has 2 N–H and O–H groups in total. The van der Waals surface area contributed by atoms with Gasteiger partial charge in [-0.3, -0.25) is 9.59 Å². The lowest BCUT2D eigenvalue weighted by Crippen LogP contribution is -2.37. The van der Waals surface area contributed by atoms with Gasteiger partial charge in [-0.2, -0.15) is 0 Å². The summed E-state index contributed by atoms with van der Waals surface area (Å²) < 4.78 is 5.00. The van der Waals surface area contributed by atoms with Crippen LogP contribution in [0.25, 0.3) is 21.3 Å². The van der Waals surface area contributed by atoms with Crippen LogP contribution in [-0.2, 0) is 24.9 Å². The molecular weight excluding hydrogens is 434 g/mol. The van der Waals surface area contributed by atoms with Crippen molar-refractivity contribution in [2.75, 3.05) is 6.54 Å². The number of fused-ring (bicyclic) bond motifs is 2. The quantitative estimate of drug-likeness (QED) is 0.391. The van der Waals surface area contributed by atoms with Crippen molar-refractivity contribution >= 4 is 44.4 Å². The summed E-state index contributed by atoms with van der Waals surface area (Å²) in [7, 11) is 1.85. The van der Waals surface area contributed by atoms with Crippen molar-refractivity contribution in [2.24, 2.45) is 7.05 Å². The lowest BCUT2D eigenvalue weighted by molar-refractivity contribution is -0.120. The van der Waals surface area contributed by atoms with E-state index in [1.165, 1.54) is 0 Å². The van der Waals surface area contributed by atoms with Gasteiger partial charge in [0.2, 0.25) is 5.91 Å². The van der Waals surface area contributed by atoms with E-state index in [2.05, 4.69) is 27.3 Å². The minimum atomic E-state index is -0.271. The third-order valence-corrected chi connectivity index (χ3v) is 6.52. The van der Waals surface area contributed by atoms with Crippen LogP contribution in [-0.4, -0.2) is 32.5 Å². The minimum absolute atomic E-state index is 0.101. The lowest BCUT2D eigenvalue weighted by Gasteiger charge is -2.11. The summed E-state index contributed by atoms with van der Waals surface area (Å²) in [6.07, 6.45) is 0. The summed E-state index contributed by atoms with van der Waals surface area (Å²) in [5, 5.41) is 7.59. The number of nitrogens with zero attached hydrogens (tertiary/aromatic N) is 3. The van der Waals surface area contributed by atoms with Gasteiger partial charge in [-0.15, -0.1) is 11.3 Å². The predicted molar refractivity (Wildman–Crippen MR) is 130 cm³/mol. The van der Waals surface area contributed by atoms with Crippen molar-refractivity contribution in [3.05, 3.63) is 89.2 Å². The average molecular weight is 458 g/mol. The van der Waals surface area contributed by atoms with Crippen LogP contribution in [0.15, 0.2) is 72.1 Å². The molecule has 5 rings (SSSR count). The van der Waals surface area contributed by atoms with Crippen LogP contribution in [0.2, 0.25) is 0 Å². The van der Waals surface area contributed by atoms with Gasteiger partial charge in [0, 0.05) is 13.6 Å². The predicted octanol–water partition coefficient (Wildman–Crippen LogP) is 3.68. The number of carbonyl (C=O) groups excluding carboxylic acids is 2. The summed E-state index contributed by atoms with van der Waals surface area (Å²) in [5.74, 6) is 0.229. The van der Waals surface area contributed by atoms with Gasteiger partial charge in [0.1, 0.15) is 11.5 Å². The Hall–Kier alpha value is -3.91. The summed E-state index contributed by atoms with van der Waals surface area (Å²) in [4.78, 5) is 29.8. The molecule has 8 heteroatoms. The second-order valence-electron chi connectivity index (χ2n) is 7.81. The van der Waals surface area contributed by atoms with Gasteiger partial charge < -0.3 is 19.8 Å². The molecule has 2 aromatic carbocycles. The number of thiophene rings is 1. The van der Waals surface area contributed by atoms with Crippen molar-refractivity contribution in [3.63, 3.8) is 0 Å². The van der Waals surface area contributed by atoms with Gasteiger partial charge in [0.05, 0.1) is 34.3 Å². The Morgan fingerprint density at radius 2 is 1.76 bits per heavy atom. The van der Waals surface area contributed by atoms with Crippen LogP contribution in [0.4, 0.5) is 0 Å². The van der Waals surface area contributed by atoms with Crippen molar-refractivity contribution in [3.8, 4) is 0 Å². The number of aromatic nitrogens is 3. The molecule has 3 aromatic heterocycles. The normalized spacial score (nSPS) is 11.2. The molecule has 0 aliphatic heterocycles. The third-order valence-electron chi connectivity index (χ3n) is 5.67. The lowest BCUT2D eigenvalue weighted by atomic mass is 10.2. The number of benzene rings is 2. The molecule has 0 radical (unpaired) electrons. The van der Waals surface area contributed by atoms with Crippen LogP contribution in [0.5, 0.6) is 0 Å². The van der Waals surface area contributed by atoms with Gasteiger partial charge in [-0.05, 0) is 35.2 Å². The highest BCUT2D eigenvalue weighted by molar-refractivity contribution is 7.17. The number of carbonyl (C=O) groups is 2. The fourth-order valence-corrected chi connectivity index (χ4v) is 4.81. The van der Waals surface area contributed by atoms with Crippen LogP contribution in [0, 0.1) is 0 Å². The van der Waals surface area contributed by atoms with E-state index in [9.17, 15) is 9.59 Å². The topological polar surface area (TPSA) is 81.0 Å². The first-order chi connectivity index (χ1) is 16.1. The van der Waals surface area contributed by atoms with Crippen molar-refractivity contribution in [1.82, 2.24) is 24.8 Å². The molecule has 0 aliphatic carbocycles. The molecule has 2 amide bonds. The highest BCUT2D eigenvalue weighted by Gasteiger charge is 2.16. The zero-order chi connectivity index (χ0) is 22.8. The van der Waals surface area contributed by atoms with E-state index in [4.69, 9.17) is 4.98 Å². The van der Waals surface area contributed by atoms with E-state index < -0.39 is 0 Å². The summed E-state index contributed by atoms with van der Waals surface area (Å²) in [5.41, 5.74) is 4.60. The monoisotopic (exact) mass is 457 g/mol. The average Bonchev–Trinajstić information content (AvgIpc) is 3.52. The first-order valence-corrected chi connectivity index (χ1v) is 11.5. The maximum absolute atomic E-state index is 12.6. The van der Waals surface area contributed by atoms with Crippen molar-refractivity contribution in [2.45, 2.75) is 13.1 Å². The van der Waals surface area contributed by atoms with Crippen LogP contribution >= 0.6 is 11.3 Å². The largest absolute Gasteiger partial charge is 0.347 e. The van der Waals surface area contributed by atoms with Gasteiger partial charge in [0.15, 0.2) is 0 Å². The molecule has 0 aliphatic rings. The number of hydrogen-bond donors (Lipinski definition) is 2. The number of nitrogens with one attached hydrogen (secondary N) is 2. The number of aryl methyl sites for hydroxylation is 1. The summed E-state index contributed by atoms with van der Waals surface area (Å²) >= 11 is 1.58. The van der Waals surface area contributed by atoms with Crippen LogP contribution < -0.4 is 10.6 Å². The fraction of sp³-hybridized carbons (Fsp3) is 0.160. The van der Waals surface area contributed by atoms with E-state index >= 15 is 0 Å². The molecule has 166 valence electrons. The maximum Gasteiger partial charge on any atom is 0.268 e. The Morgan fingerprint density at radius 3 is 2.58 bits per heavy atom. The van der Waals surface area contributed by atoms with Gasteiger partial charge in [-0.1, -0.05) is 42.5 Å². The first-order valence-electron chi connectivity index (χ1n) is 10.7. The van der Waals surface area contributed by atoms with E-state index in [0.717, 1.165) is 32.6 Å². The molecule has 0 saturated heterocycles. The number of imidazole rings is 1. The Labute approximate surface area is 194 Å². The Kier molecular flexibility index (Phi) is 5.66. The molecule has 7 nitrogen and oxygen atoms in total. The molecule has 33 heavy (non-hydrogen) atoms. The smallest absolute Gasteiger partial charge is 0.268 e. The Balaban J connectivity index is 1.25. The van der Waals surface area contributed by atoms with E-state index in [1.807, 2.05) is 71.6 Å². The standard InChI is InChI=1S/C25H23N5O2S/c1-29-20-11-12-33-22(20)13-21(29)25(32)27-15-24(31)26-14-23-28-18-9-5-6-10-19(18)30(23)16-17-7-3-2-4-8-17/h2-13H,14-16H2,1H3,(H,26,31)(H,27,32). The second-order valence-corrected chi connectivity index (χ2v) is 8.75. The van der Waals surface area contributed by atoms with Crippen molar-refractivity contribution in [1.29, 1.82) is 0 Å². The molecule has 5 aromatic rings. The fourth-order valence-electron chi connectivity index (χ4n) is 3.96. The van der Waals surface area contributed by atoms with Crippen LogP contribution in [0.3, 0.4) is 0 Å². The van der Waals surface area contributed by atoms with E-state index in [0.29, 0.717) is 12.2 Å². The molecule has 0 bridgehead atoms. The summed E-state index contributed by atoms with van der Waals surface area (Å²) in [6, 6.07) is 21.9. The van der Waals surface area contributed by atoms with Crippen molar-refractivity contribution < 1.29 is 9.59 Å². The second kappa shape index (κ2) is 8.91. The highest BCUT2D eigenvalue weighted by Crippen LogP contribution is 2.24. The Bertz CT molecular complexity index is 1450. The molecule has 0 fully saturated rings. The highest BCUT2D eigenvalue weighted by atomic mass is 32.1. The Morgan fingerprint density at radius 1 is 0.970 bits per heavy atom. The molecule has 0 atom stereocenters. The number of amides is 2. The molecule has 3 heterocycles. The number of para-hydroxylation sites is 2. The van der Waals surface area contributed by atoms with E-state index in [-0.39, 0.29) is 24.9 Å². The molecular formula is C25H23N5O2S. The van der Waals surface area contributed by atoms with Crippen LogP contribution in [0.1, 0.15) is 21.9 Å². The zero-order valence-electron chi connectivity index (χ0n) is 18.1.